The molecule has 2 N–H and O–H groups in total. The van der Waals surface area contributed by atoms with Crippen molar-refractivity contribution in [2.45, 2.75) is 20.3 Å². The topological polar surface area (TPSA) is 66.4 Å². The molecule has 74 valence electrons. The van der Waals surface area contributed by atoms with Gasteiger partial charge in [0.2, 0.25) is 0 Å². The van der Waals surface area contributed by atoms with Gasteiger partial charge in [-0.2, -0.15) is 8.42 Å². The van der Waals surface area contributed by atoms with Gasteiger partial charge in [-0.1, -0.05) is 13.8 Å². The summed E-state index contributed by atoms with van der Waals surface area (Å²) in [6.45, 7) is 5.49. The lowest BCUT2D eigenvalue weighted by atomic mass is 10.1. The predicted molar refractivity (Wildman–Crippen MR) is 48.7 cm³/mol. The zero-order valence-corrected chi connectivity index (χ0v) is 8.39. The zero-order valence-electron chi connectivity index (χ0n) is 7.58. The summed E-state index contributed by atoms with van der Waals surface area (Å²) in [5, 5.41) is 3.09. The van der Waals surface area contributed by atoms with E-state index in [1.807, 2.05) is 13.8 Å². The lowest BCUT2D eigenvalue weighted by Gasteiger charge is -2.08. The first-order valence-corrected chi connectivity index (χ1v) is 5.72. The van der Waals surface area contributed by atoms with E-state index in [2.05, 4.69) is 5.32 Å². The van der Waals surface area contributed by atoms with Crippen molar-refractivity contribution in [3.05, 3.63) is 0 Å². The van der Waals surface area contributed by atoms with Crippen LogP contribution in [0.25, 0.3) is 0 Å². The van der Waals surface area contributed by atoms with E-state index in [0.717, 1.165) is 19.5 Å². The van der Waals surface area contributed by atoms with Gasteiger partial charge < -0.3 is 5.32 Å². The summed E-state index contributed by atoms with van der Waals surface area (Å²) in [4.78, 5) is 0. The van der Waals surface area contributed by atoms with Gasteiger partial charge in [0.15, 0.2) is 0 Å². The molecule has 0 radical (unpaired) electrons. The van der Waals surface area contributed by atoms with Crippen LogP contribution in [0.2, 0.25) is 0 Å². The molecular weight excluding hydrogens is 178 g/mol. The highest BCUT2D eigenvalue weighted by atomic mass is 32.2. The molecule has 0 aliphatic carbocycles. The van der Waals surface area contributed by atoms with Crippen molar-refractivity contribution in [3.8, 4) is 0 Å². The summed E-state index contributed by atoms with van der Waals surface area (Å²) in [6, 6.07) is 0. The summed E-state index contributed by atoms with van der Waals surface area (Å²) < 4.78 is 29.3. The molecule has 0 saturated heterocycles. The molecule has 0 aromatic carbocycles. The Hall–Kier alpha value is -0.130. The van der Waals surface area contributed by atoms with Crippen LogP contribution in [0.5, 0.6) is 0 Å². The molecule has 1 unspecified atom stereocenters. The minimum atomic E-state index is -3.79. The number of hydrogen-bond acceptors (Lipinski definition) is 3. The fraction of sp³-hybridized carbons (Fsp3) is 1.00. The van der Waals surface area contributed by atoms with Gasteiger partial charge in [0.25, 0.3) is 10.1 Å². The molecule has 0 bridgehead atoms. The normalized spacial score (nSPS) is 14.6. The lowest BCUT2D eigenvalue weighted by Crippen LogP contribution is -2.20. The van der Waals surface area contributed by atoms with Crippen LogP contribution < -0.4 is 5.32 Å². The molecule has 0 heterocycles. The van der Waals surface area contributed by atoms with Crippen molar-refractivity contribution in [3.63, 3.8) is 0 Å². The van der Waals surface area contributed by atoms with E-state index < -0.39 is 10.1 Å². The Labute approximate surface area is 74.1 Å². The molecule has 0 rings (SSSR count). The Kier molecular flexibility index (Phi) is 5.44. The van der Waals surface area contributed by atoms with Crippen LogP contribution in [0.3, 0.4) is 0 Å². The van der Waals surface area contributed by atoms with Crippen LogP contribution in [0.15, 0.2) is 0 Å². The van der Waals surface area contributed by atoms with E-state index in [1.165, 1.54) is 0 Å². The summed E-state index contributed by atoms with van der Waals surface area (Å²) in [5.74, 6) is -0.127. The average Bonchev–Trinajstić information content (AvgIpc) is 1.84. The first kappa shape index (κ1) is 11.9. The Morgan fingerprint density at radius 2 is 2.08 bits per heavy atom. The van der Waals surface area contributed by atoms with Gasteiger partial charge in [-0.15, -0.1) is 0 Å². The van der Waals surface area contributed by atoms with Gasteiger partial charge in [0, 0.05) is 0 Å². The molecule has 0 spiro atoms. The maximum Gasteiger partial charge on any atom is 0.265 e. The standard InChI is InChI=1S/C7H17NO3S/c1-3-8-5-4-7(2)6-12(9,10)11/h7-8H,3-6H2,1-2H3,(H,9,10,11). The monoisotopic (exact) mass is 195 g/mol. The molecule has 0 aliphatic heterocycles. The third-order valence-corrected chi connectivity index (χ3v) is 2.55. The second kappa shape index (κ2) is 5.50. The number of hydrogen-bond donors (Lipinski definition) is 2. The van der Waals surface area contributed by atoms with Crippen LogP contribution in [0, 0.1) is 5.92 Å². The number of nitrogens with one attached hydrogen (secondary N) is 1. The average molecular weight is 195 g/mol. The van der Waals surface area contributed by atoms with Gasteiger partial charge in [-0.25, -0.2) is 0 Å². The smallest absolute Gasteiger partial charge is 0.265 e. The highest BCUT2D eigenvalue weighted by Gasteiger charge is 2.11. The Balaban J connectivity index is 3.53. The molecule has 0 aromatic heterocycles. The van der Waals surface area contributed by atoms with Crippen molar-refractivity contribution in [2.75, 3.05) is 18.8 Å². The predicted octanol–water partition coefficient (Wildman–Crippen LogP) is 0.510. The van der Waals surface area contributed by atoms with Gasteiger partial charge in [-0.05, 0) is 25.4 Å². The van der Waals surface area contributed by atoms with Crippen LogP contribution in [0.1, 0.15) is 20.3 Å². The van der Waals surface area contributed by atoms with Gasteiger partial charge in [0.05, 0.1) is 5.75 Å². The van der Waals surface area contributed by atoms with E-state index in [0.29, 0.717) is 0 Å². The van der Waals surface area contributed by atoms with Crippen molar-refractivity contribution in [1.82, 2.24) is 5.32 Å². The van der Waals surface area contributed by atoms with Gasteiger partial charge in [-0.3, -0.25) is 4.55 Å². The maximum absolute atomic E-state index is 10.4. The van der Waals surface area contributed by atoms with Crippen LogP contribution >= 0.6 is 0 Å². The second-order valence-corrected chi connectivity index (χ2v) is 4.49. The largest absolute Gasteiger partial charge is 0.317 e. The molecule has 5 heteroatoms. The first-order valence-electron chi connectivity index (χ1n) is 4.11. The summed E-state index contributed by atoms with van der Waals surface area (Å²) in [5.41, 5.74) is 0. The molecule has 0 fully saturated rings. The minimum Gasteiger partial charge on any atom is -0.317 e. The maximum atomic E-state index is 10.4. The van der Waals surface area contributed by atoms with Crippen molar-refractivity contribution >= 4 is 10.1 Å². The highest BCUT2D eigenvalue weighted by Crippen LogP contribution is 2.03. The Bertz CT molecular complexity index is 201. The fourth-order valence-corrected chi connectivity index (χ4v) is 1.85. The highest BCUT2D eigenvalue weighted by molar-refractivity contribution is 7.85. The van der Waals surface area contributed by atoms with Crippen LogP contribution in [-0.4, -0.2) is 31.8 Å². The van der Waals surface area contributed by atoms with Crippen LogP contribution in [0.4, 0.5) is 0 Å². The third-order valence-electron chi connectivity index (χ3n) is 1.56. The Morgan fingerprint density at radius 3 is 2.50 bits per heavy atom. The minimum absolute atomic E-state index is 0.0130. The van der Waals surface area contributed by atoms with Gasteiger partial charge in [0.1, 0.15) is 0 Å². The van der Waals surface area contributed by atoms with Gasteiger partial charge >= 0.3 is 0 Å². The van der Waals surface area contributed by atoms with Crippen LogP contribution in [-0.2, 0) is 10.1 Å². The van der Waals surface area contributed by atoms with E-state index in [1.54, 1.807) is 0 Å². The molecule has 0 aromatic rings. The zero-order chi connectivity index (χ0) is 9.61. The third kappa shape index (κ3) is 7.97. The molecule has 12 heavy (non-hydrogen) atoms. The van der Waals surface area contributed by atoms with E-state index in [4.69, 9.17) is 4.55 Å². The molecule has 0 saturated carbocycles. The molecule has 4 nitrogen and oxygen atoms in total. The summed E-state index contributed by atoms with van der Waals surface area (Å²) in [6.07, 6.45) is 0.771. The van der Waals surface area contributed by atoms with Crippen molar-refractivity contribution in [1.29, 1.82) is 0 Å². The van der Waals surface area contributed by atoms with E-state index in [-0.39, 0.29) is 11.7 Å². The Morgan fingerprint density at radius 1 is 1.50 bits per heavy atom. The summed E-state index contributed by atoms with van der Waals surface area (Å²) >= 11 is 0. The second-order valence-electron chi connectivity index (χ2n) is 3.00. The summed E-state index contributed by atoms with van der Waals surface area (Å²) in [7, 11) is -3.79. The number of rotatable bonds is 6. The fourth-order valence-electron chi connectivity index (χ4n) is 0.968. The van der Waals surface area contributed by atoms with E-state index >= 15 is 0 Å². The van der Waals surface area contributed by atoms with Crippen molar-refractivity contribution < 1.29 is 13.0 Å². The molecule has 0 aliphatic rings. The molecular formula is C7H17NO3S. The first-order chi connectivity index (χ1) is 5.45. The molecule has 0 amide bonds. The quantitative estimate of drug-likeness (QED) is 0.479. The lowest BCUT2D eigenvalue weighted by molar-refractivity contribution is 0.460. The molecule has 1 atom stereocenters. The van der Waals surface area contributed by atoms with Crippen molar-refractivity contribution in [2.24, 2.45) is 5.92 Å². The van der Waals surface area contributed by atoms with E-state index in [9.17, 15) is 8.42 Å². The SMILES string of the molecule is CCNCCC(C)CS(=O)(=O)O.